The predicted molar refractivity (Wildman–Crippen MR) is 103 cm³/mol. The lowest BCUT2D eigenvalue weighted by Crippen LogP contribution is -2.23. The monoisotopic (exact) mass is 373 g/mol. The van der Waals surface area contributed by atoms with Crippen molar-refractivity contribution in [2.24, 2.45) is 0 Å². The second-order valence-electron chi connectivity index (χ2n) is 5.62. The lowest BCUT2D eigenvalue weighted by Gasteiger charge is -2.14. The van der Waals surface area contributed by atoms with Gasteiger partial charge in [-0.05, 0) is 48.8 Å². The number of benzene rings is 1. The summed E-state index contributed by atoms with van der Waals surface area (Å²) in [5.41, 5.74) is 9.48. The van der Waals surface area contributed by atoms with Crippen LogP contribution in [-0.2, 0) is 13.0 Å². The highest BCUT2D eigenvalue weighted by Gasteiger charge is 2.20. The molecule has 0 aliphatic carbocycles. The fourth-order valence-corrected chi connectivity index (χ4v) is 4.00. The lowest BCUT2D eigenvalue weighted by atomic mass is 10.1. The number of anilines is 1. The molecule has 0 spiro atoms. The largest absolute Gasteiger partial charge is 0.467 e. The summed E-state index contributed by atoms with van der Waals surface area (Å²) >= 11 is 6.71. The molecule has 2 heterocycles. The molecule has 0 aliphatic heterocycles. The van der Waals surface area contributed by atoms with Crippen molar-refractivity contribution in [2.75, 3.05) is 5.73 Å². The van der Waals surface area contributed by atoms with E-state index < -0.39 is 0 Å². The van der Waals surface area contributed by atoms with E-state index in [0.29, 0.717) is 27.0 Å². The maximum Gasteiger partial charge on any atom is 0.265 e. The molecule has 130 valence electrons. The number of nitrogens with one attached hydrogen (secondary N) is 1. The number of furan rings is 1. The minimum absolute atomic E-state index is 0.254. The molecule has 3 aromatic rings. The Kier molecular flexibility index (Phi) is 5.06. The van der Waals surface area contributed by atoms with E-state index in [1.807, 2.05) is 19.1 Å². The molecule has 3 rings (SSSR count). The fraction of sp³-hybridized carbons (Fsp3) is 0.222. The summed E-state index contributed by atoms with van der Waals surface area (Å²) in [6.07, 6.45) is 2.43. The number of amides is 1. The molecule has 0 aliphatic rings. The van der Waals surface area contributed by atoms with Gasteiger partial charge in [-0.2, -0.15) is 0 Å². The van der Waals surface area contributed by atoms with Gasteiger partial charge in [-0.1, -0.05) is 36.5 Å². The summed E-state index contributed by atoms with van der Waals surface area (Å²) in [4.78, 5) is 12.9. The van der Waals surface area contributed by atoms with Crippen molar-refractivity contribution in [2.45, 2.75) is 26.8 Å². The van der Waals surface area contributed by atoms with E-state index in [0.717, 1.165) is 23.2 Å². The zero-order valence-electron chi connectivity index (χ0n) is 14.0. The summed E-state index contributed by atoms with van der Waals surface area (Å²) in [6, 6.07) is 9.67. The molecule has 7 heteroatoms. The molecule has 1 aromatic carbocycles. The number of rotatable bonds is 5. The summed E-state index contributed by atoms with van der Waals surface area (Å²) < 4.78 is 7.59. The second kappa shape index (κ2) is 7.25. The van der Waals surface area contributed by atoms with Gasteiger partial charge in [0.25, 0.3) is 5.91 Å². The number of aryl methyl sites for hydroxylation is 2. The number of thiazole rings is 1. The molecule has 25 heavy (non-hydrogen) atoms. The van der Waals surface area contributed by atoms with Gasteiger partial charge in [-0.15, -0.1) is 0 Å². The topological polar surface area (TPSA) is 73.2 Å². The van der Waals surface area contributed by atoms with Crippen LogP contribution in [0, 0.1) is 10.9 Å². The summed E-state index contributed by atoms with van der Waals surface area (Å²) in [6.45, 7) is 4.41. The van der Waals surface area contributed by atoms with Crippen LogP contribution in [0.25, 0.3) is 5.69 Å². The van der Waals surface area contributed by atoms with Crippen molar-refractivity contribution in [3.8, 4) is 5.69 Å². The Bertz CT molecular complexity index is 955. The zero-order valence-corrected chi connectivity index (χ0v) is 15.7. The first-order valence-corrected chi connectivity index (χ1v) is 9.16. The first-order chi connectivity index (χ1) is 12.0. The Balaban J connectivity index is 1.97. The van der Waals surface area contributed by atoms with E-state index in [2.05, 4.69) is 18.3 Å². The third-order valence-electron chi connectivity index (χ3n) is 3.98. The molecule has 2 aromatic heterocycles. The van der Waals surface area contributed by atoms with Crippen LogP contribution >= 0.6 is 23.6 Å². The number of carbonyl (C=O) groups is 1. The van der Waals surface area contributed by atoms with Gasteiger partial charge in [-0.3, -0.25) is 9.36 Å². The molecular formula is C18H19N3O2S2. The number of nitrogen functional groups attached to an aromatic ring is 1. The van der Waals surface area contributed by atoms with E-state index in [1.165, 1.54) is 11.3 Å². The molecule has 1 amide bonds. The highest BCUT2D eigenvalue weighted by atomic mass is 32.1. The van der Waals surface area contributed by atoms with E-state index in [-0.39, 0.29) is 5.91 Å². The zero-order chi connectivity index (χ0) is 18.0. The van der Waals surface area contributed by atoms with Gasteiger partial charge in [-0.25, -0.2) is 0 Å². The standard InChI is InChI=1S/C18H19N3O2S2/c1-3-12-7-4-6-11(2)14(12)21-16(19)15(25-18(21)24)17(22)20-10-13-8-5-9-23-13/h4-9H,3,10,19H2,1-2H3,(H,20,22). The van der Waals surface area contributed by atoms with Crippen LogP contribution in [0.5, 0.6) is 0 Å². The number of carbonyl (C=O) groups excluding carboxylic acids is 1. The fourth-order valence-electron chi connectivity index (χ4n) is 2.75. The van der Waals surface area contributed by atoms with Crippen LogP contribution in [-0.4, -0.2) is 10.5 Å². The highest BCUT2D eigenvalue weighted by Crippen LogP contribution is 2.30. The highest BCUT2D eigenvalue weighted by molar-refractivity contribution is 7.73. The second-order valence-corrected chi connectivity index (χ2v) is 7.26. The molecule has 0 unspecified atom stereocenters. The Labute approximate surface area is 155 Å². The van der Waals surface area contributed by atoms with Crippen LogP contribution < -0.4 is 11.1 Å². The van der Waals surface area contributed by atoms with Crippen molar-refractivity contribution >= 4 is 35.3 Å². The van der Waals surface area contributed by atoms with Crippen molar-refractivity contribution in [3.05, 3.63) is 62.3 Å². The molecule has 0 saturated carbocycles. The number of nitrogens with two attached hydrogens (primary N) is 1. The minimum Gasteiger partial charge on any atom is -0.467 e. The van der Waals surface area contributed by atoms with Gasteiger partial charge < -0.3 is 15.5 Å². The average molecular weight is 374 g/mol. The number of hydrogen-bond donors (Lipinski definition) is 2. The molecular weight excluding hydrogens is 354 g/mol. The van der Waals surface area contributed by atoms with E-state index in [9.17, 15) is 4.79 Å². The van der Waals surface area contributed by atoms with Crippen LogP contribution in [0.15, 0.2) is 41.0 Å². The molecule has 0 saturated heterocycles. The van der Waals surface area contributed by atoms with Crippen molar-refractivity contribution in [3.63, 3.8) is 0 Å². The summed E-state index contributed by atoms with van der Waals surface area (Å²) in [5, 5.41) is 2.82. The van der Waals surface area contributed by atoms with E-state index >= 15 is 0 Å². The number of nitrogens with zero attached hydrogens (tertiary/aromatic N) is 1. The van der Waals surface area contributed by atoms with Crippen LogP contribution in [0.4, 0.5) is 5.82 Å². The van der Waals surface area contributed by atoms with E-state index in [4.69, 9.17) is 22.4 Å². The molecule has 0 fully saturated rings. The van der Waals surface area contributed by atoms with Crippen LogP contribution in [0.3, 0.4) is 0 Å². The first kappa shape index (κ1) is 17.4. The maximum atomic E-state index is 12.5. The van der Waals surface area contributed by atoms with Gasteiger partial charge in [0.1, 0.15) is 16.5 Å². The Morgan fingerprint density at radius 2 is 2.16 bits per heavy atom. The minimum atomic E-state index is -0.254. The maximum absolute atomic E-state index is 12.5. The van der Waals surface area contributed by atoms with Crippen LogP contribution in [0.1, 0.15) is 33.5 Å². The first-order valence-electron chi connectivity index (χ1n) is 7.93. The van der Waals surface area contributed by atoms with Gasteiger partial charge in [0.05, 0.1) is 18.5 Å². The molecule has 0 atom stereocenters. The predicted octanol–water partition coefficient (Wildman–Crippen LogP) is 4.24. The van der Waals surface area contributed by atoms with Crippen molar-refractivity contribution in [1.82, 2.24) is 9.88 Å². The summed E-state index contributed by atoms with van der Waals surface area (Å²) in [7, 11) is 0. The van der Waals surface area contributed by atoms with Gasteiger partial charge in [0.15, 0.2) is 3.95 Å². The average Bonchev–Trinajstić information content (AvgIpc) is 3.21. The lowest BCUT2D eigenvalue weighted by molar-refractivity contribution is 0.0952. The third kappa shape index (κ3) is 3.38. The normalized spacial score (nSPS) is 10.8. The quantitative estimate of drug-likeness (QED) is 0.656. The number of hydrogen-bond acceptors (Lipinski definition) is 5. The Morgan fingerprint density at radius 3 is 2.84 bits per heavy atom. The molecule has 3 N–H and O–H groups in total. The van der Waals surface area contributed by atoms with E-state index in [1.54, 1.807) is 23.0 Å². The van der Waals surface area contributed by atoms with Crippen molar-refractivity contribution in [1.29, 1.82) is 0 Å². The van der Waals surface area contributed by atoms with Gasteiger partial charge in [0, 0.05) is 0 Å². The van der Waals surface area contributed by atoms with Crippen LogP contribution in [0.2, 0.25) is 0 Å². The summed E-state index contributed by atoms with van der Waals surface area (Å²) in [5.74, 6) is 0.799. The van der Waals surface area contributed by atoms with Crippen molar-refractivity contribution < 1.29 is 9.21 Å². The Hall–Kier alpha value is -2.38. The van der Waals surface area contributed by atoms with Gasteiger partial charge >= 0.3 is 0 Å². The Morgan fingerprint density at radius 1 is 1.36 bits per heavy atom. The SMILES string of the molecule is CCc1cccc(C)c1-n1c(N)c(C(=O)NCc2ccco2)sc1=S. The molecule has 0 radical (unpaired) electrons. The molecule has 0 bridgehead atoms. The molecule has 5 nitrogen and oxygen atoms in total. The third-order valence-corrected chi connectivity index (χ3v) is 5.37. The van der Waals surface area contributed by atoms with Gasteiger partial charge in [0.2, 0.25) is 0 Å². The smallest absolute Gasteiger partial charge is 0.265 e. The number of aromatic nitrogens is 1. The number of para-hydroxylation sites is 1.